The summed E-state index contributed by atoms with van der Waals surface area (Å²) < 4.78 is 5.58. The predicted octanol–water partition coefficient (Wildman–Crippen LogP) is 2.28. The third kappa shape index (κ3) is 5.31. The fraction of sp³-hybridized carbons (Fsp3) is 0.588. The smallest absolute Gasteiger partial charge is 0.317 e. The second kappa shape index (κ2) is 8.76. The van der Waals surface area contributed by atoms with E-state index in [1.54, 1.807) is 4.90 Å². The predicted molar refractivity (Wildman–Crippen MR) is 85.4 cm³/mol. The highest BCUT2D eigenvalue weighted by atomic mass is 16.5. The van der Waals surface area contributed by atoms with Gasteiger partial charge < -0.3 is 20.1 Å². The van der Waals surface area contributed by atoms with Crippen LogP contribution in [0.3, 0.4) is 0 Å². The van der Waals surface area contributed by atoms with Crippen molar-refractivity contribution in [2.45, 2.75) is 44.9 Å². The highest BCUT2D eigenvalue weighted by Crippen LogP contribution is 2.16. The maximum Gasteiger partial charge on any atom is 0.317 e. The lowest BCUT2D eigenvalue weighted by Crippen LogP contribution is -2.37. The average molecular weight is 306 g/mol. The van der Waals surface area contributed by atoms with Gasteiger partial charge in [0.25, 0.3) is 0 Å². The van der Waals surface area contributed by atoms with E-state index >= 15 is 0 Å². The molecule has 1 aliphatic rings. The molecule has 22 heavy (non-hydrogen) atoms. The van der Waals surface area contributed by atoms with Gasteiger partial charge in [-0.2, -0.15) is 0 Å². The van der Waals surface area contributed by atoms with E-state index in [4.69, 9.17) is 9.84 Å². The molecule has 1 saturated heterocycles. The molecular formula is C17H26N2O3. The first-order chi connectivity index (χ1) is 10.7. The lowest BCUT2D eigenvalue weighted by atomic mass is 10.1. The maximum absolute atomic E-state index is 12.0. The van der Waals surface area contributed by atoms with Crippen LogP contribution in [0.25, 0.3) is 0 Å². The Morgan fingerprint density at radius 2 is 2.27 bits per heavy atom. The zero-order valence-corrected chi connectivity index (χ0v) is 13.3. The Kier molecular flexibility index (Phi) is 6.68. The van der Waals surface area contributed by atoms with Crippen molar-refractivity contribution < 1.29 is 14.6 Å². The summed E-state index contributed by atoms with van der Waals surface area (Å²) in [5, 5.41) is 12.0. The number of carbonyl (C=O) groups excluding carboxylic acids is 1. The van der Waals surface area contributed by atoms with Gasteiger partial charge in [-0.05, 0) is 36.8 Å². The van der Waals surface area contributed by atoms with Crippen molar-refractivity contribution in [1.29, 1.82) is 0 Å². The lowest BCUT2D eigenvalue weighted by Gasteiger charge is -2.19. The number of carbonyl (C=O) groups is 1. The van der Waals surface area contributed by atoms with Crippen LogP contribution in [-0.2, 0) is 17.9 Å². The van der Waals surface area contributed by atoms with Crippen molar-refractivity contribution in [3.63, 3.8) is 0 Å². The van der Waals surface area contributed by atoms with Gasteiger partial charge in [0.15, 0.2) is 0 Å². The van der Waals surface area contributed by atoms with Crippen LogP contribution in [0.4, 0.5) is 4.79 Å². The Morgan fingerprint density at radius 1 is 1.45 bits per heavy atom. The molecule has 1 heterocycles. The standard InChI is InChI=1S/C17H26N2O3/c1-19(9-3-7-16-8-4-10-22-16)17(21)18-12-14-5-2-6-15(11-14)13-20/h2,5-6,11,16,20H,3-4,7-10,12-13H2,1H3,(H,18,21)/t16-/m1/s1. The molecule has 0 spiro atoms. The number of rotatable bonds is 7. The number of nitrogens with zero attached hydrogens (tertiary/aromatic N) is 1. The first kappa shape index (κ1) is 16.8. The van der Waals surface area contributed by atoms with Crippen LogP contribution in [0.5, 0.6) is 0 Å². The van der Waals surface area contributed by atoms with Gasteiger partial charge in [0.05, 0.1) is 12.7 Å². The minimum Gasteiger partial charge on any atom is -0.392 e. The highest BCUT2D eigenvalue weighted by molar-refractivity contribution is 5.73. The van der Waals surface area contributed by atoms with Gasteiger partial charge in [0.1, 0.15) is 0 Å². The van der Waals surface area contributed by atoms with Gasteiger partial charge in [0, 0.05) is 26.7 Å². The van der Waals surface area contributed by atoms with E-state index in [1.807, 2.05) is 31.3 Å². The first-order valence-corrected chi connectivity index (χ1v) is 7.98. The van der Waals surface area contributed by atoms with E-state index in [0.717, 1.165) is 50.0 Å². The van der Waals surface area contributed by atoms with Crippen molar-refractivity contribution in [3.05, 3.63) is 35.4 Å². The van der Waals surface area contributed by atoms with Crippen molar-refractivity contribution in [2.24, 2.45) is 0 Å². The van der Waals surface area contributed by atoms with Crippen molar-refractivity contribution in [3.8, 4) is 0 Å². The molecule has 0 aliphatic carbocycles. The Balaban J connectivity index is 1.66. The second-order valence-electron chi connectivity index (χ2n) is 5.84. The average Bonchev–Trinajstić information content (AvgIpc) is 3.06. The fourth-order valence-electron chi connectivity index (χ4n) is 2.68. The normalized spacial score (nSPS) is 17.5. The summed E-state index contributed by atoms with van der Waals surface area (Å²) >= 11 is 0. The third-order valence-electron chi connectivity index (χ3n) is 4.01. The monoisotopic (exact) mass is 306 g/mol. The van der Waals surface area contributed by atoms with Crippen molar-refractivity contribution in [1.82, 2.24) is 10.2 Å². The largest absolute Gasteiger partial charge is 0.392 e. The van der Waals surface area contributed by atoms with E-state index in [-0.39, 0.29) is 12.6 Å². The van der Waals surface area contributed by atoms with Crippen LogP contribution in [0.15, 0.2) is 24.3 Å². The Labute approximate surface area is 132 Å². The first-order valence-electron chi connectivity index (χ1n) is 7.98. The molecular weight excluding hydrogens is 280 g/mol. The van der Waals surface area contributed by atoms with Crippen LogP contribution in [-0.4, -0.2) is 42.3 Å². The Morgan fingerprint density at radius 3 is 3.00 bits per heavy atom. The number of aliphatic hydroxyl groups excluding tert-OH is 1. The lowest BCUT2D eigenvalue weighted by molar-refractivity contribution is 0.100. The molecule has 122 valence electrons. The fourth-order valence-corrected chi connectivity index (χ4v) is 2.68. The van der Waals surface area contributed by atoms with Crippen LogP contribution in [0.2, 0.25) is 0 Å². The zero-order valence-electron chi connectivity index (χ0n) is 13.3. The van der Waals surface area contributed by atoms with Gasteiger partial charge in [-0.3, -0.25) is 0 Å². The summed E-state index contributed by atoms with van der Waals surface area (Å²) in [5.74, 6) is 0. The molecule has 1 aromatic rings. The molecule has 1 aromatic carbocycles. The van der Waals surface area contributed by atoms with Gasteiger partial charge in [-0.1, -0.05) is 24.3 Å². The molecule has 1 fully saturated rings. The number of urea groups is 1. The minimum atomic E-state index is -0.0678. The summed E-state index contributed by atoms with van der Waals surface area (Å²) in [4.78, 5) is 13.7. The topological polar surface area (TPSA) is 61.8 Å². The molecule has 0 bridgehead atoms. The molecule has 0 aromatic heterocycles. The van der Waals surface area contributed by atoms with Crippen molar-refractivity contribution in [2.75, 3.05) is 20.2 Å². The number of ether oxygens (including phenoxy) is 1. The van der Waals surface area contributed by atoms with Gasteiger partial charge >= 0.3 is 6.03 Å². The minimum absolute atomic E-state index is 0.0188. The highest BCUT2D eigenvalue weighted by Gasteiger charge is 2.15. The number of aliphatic hydroxyl groups is 1. The van der Waals surface area contributed by atoms with Gasteiger partial charge in [-0.25, -0.2) is 4.79 Å². The molecule has 1 atom stereocenters. The molecule has 5 nitrogen and oxygen atoms in total. The van der Waals surface area contributed by atoms with E-state index < -0.39 is 0 Å². The summed E-state index contributed by atoms with van der Waals surface area (Å²) in [7, 11) is 1.81. The van der Waals surface area contributed by atoms with Crippen LogP contribution >= 0.6 is 0 Å². The van der Waals surface area contributed by atoms with Crippen LogP contribution in [0.1, 0.15) is 36.8 Å². The molecule has 1 aliphatic heterocycles. The summed E-state index contributed by atoms with van der Waals surface area (Å²) in [6.45, 7) is 2.12. The summed E-state index contributed by atoms with van der Waals surface area (Å²) in [6.07, 6.45) is 4.69. The molecule has 0 unspecified atom stereocenters. The quantitative estimate of drug-likeness (QED) is 0.812. The summed E-state index contributed by atoms with van der Waals surface area (Å²) in [5.41, 5.74) is 1.85. The van der Waals surface area contributed by atoms with E-state index in [0.29, 0.717) is 12.6 Å². The van der Waals surface area contributed by atoms with E-state index in [2.05, 4.69) is 5.32 Å². The number of benzene rings is 1. The summed E-state index contributed by atoms with van der Waals surface area (Å²) in [6, 6.07) is 7.52. The molecule has 2 amide bonds. The van der Waals surface area contributed by atoms with E-state index in [1.165, 1.54) is 0 Å². The maximum atomic E-state index is 12.0. The van der Waals surface area contributed by atoms with Gasteiger partial charge in [-0.15, -0.1) is 0 Å². The van der Waals surface area contributed by atoms with Crippen LogP contribution < -0.4 is 5.32 Å². The number of nitrogens with one attached hydrogen (secondary N) is 1. The number of amides is 2. The van der Waals surface area contributed by atoms with E-state index in [9.17, 15) is 4.79 Å². The van der Waals surface area contributed by atoms with Crippen molar-refractivity contribution >= 4 is 6.03 Å². The molecule has 0 saturated carbocycles. The molecule has 2 rings (SSSR count). The van der Waals surface area contributed by atoms with Crippen LogP contribution in [0, 0.1) is 0 Å². The number of hydrogen-bond acceptors (Lipinski definition) is 3. The number of hydrogen-bond donors (Lipinski definition) is 2. The van der Waals surface area contributed by atoms with Gasteiger partial charge in [0.2, 0.25) is 0 Å². The molecule has 5 heteroatoms. The SMILES string of the molecule is CN(CCC[C@@H]1CCCO1)C(=O)NCc1cccc(CO)c1. The Bertz CT molecular complexity index is 473. The molecule has 2 N–H and O–H groups in total. The molecule has 0 radical (unpaired) electrons. The third-order valence-corrected chi connectivity index (χ3v) is 4.01. The Hall–Kier alpha value is -1.59. The second-order valence-corrected chi connectivity index (χ2v) is 5.84. The zero-order chi connectivity index (χ0) is 15.8.